The van der Waals surface area contributed by atoms with E-state index in [1.54, 1.807) is 10.9 Å². The Bertz CT molecular complexity index is 541. The van der Waals surface area contributed by atoms with Gasteiger partial charge >= 0.3 is 6.01 Å². The van der Waals surface area contributed by atoms with Crippen LogP contribution in [0, 0.1) is 0 Å². The van der Waals surface area contributed by atoms with Crippen molar-refractivity contribution in [3.8, 4) is 6.01 Å². The van der Waals surface area contributed by atoms with Crippen LogP contribution in [0.4, 0.5) is 5.95 Å². The minimum absolute atomic E-state index is 0.0283. The number of anilines is 1. The zero-order valence-corrected chi connectivity index (χ0v) is 11.0. The molecule has 0 aliphatic heterocycles. The molecule has 0 aliphatic carbocycles. The van der Waals surface area contributed by atoms with Crippen LogP contribution in [-0.2, 0) is 7.05 Å². The van der Waals surface area contributed by atoms with Gasteiger partial charge in [0.05, 0.1) is 6.10 Å². The zero-order valence-electron chi connectivity index (χ0n) is 10.2. The van der Waals surface area contributed by atoms with Crippen LogP contribution in [0.25, 0.3) is 0 Å². The zero-order chi connectivity index (χ0) is 13.1. The van der Waals surface area contributed by atoms with Crippen molar-refractivity contribution in [2.45, 2.75) is 30.3 Å². The lowest BCUT2D eigenvalue weighted by Gasteiger charge is -2.08. The third-order valence-electron chi connectivity index (χ3n) is 1.81. The van der Waals surface area contributed by atoms with Gasteiger partial charge in [0.1, 0.15) is 6.33 Å². The monoisotopic (exact) mass is 267 g/mol. The van der Waals surface area contributed by atoms with Crippen molar-refractivity contribution in [3.63, 3.8) is 0 Å². The second-order valence-electron chi connectivity index (χ2n) is 3.75. The topological polar surface area (TPSA) is 105 Å². The summed E-state index contributed by atoms with van der Waals surface area (Å²) in [6.07, 6.45) is 1.57. The Morgan fingerprint density at radius 2 is 2.11 bits per heavy atom. The second-order valence-corrected chi connectivity index (χ2v) is 4.69. The first-order chi connectivity index (χ1) is 8.54. The summed E-state index contributed by atoms with van der Waals surface area (Å²) in [6, 6.07) is 0.210. The van der Waals surface area contributed by atoms with Gasteiger partial charge in [-0.25, -0.2) is 0 Å². The minimum Gasteiger partial charge on any atom is -0.461 e. The quantitative estimate of drug-likeness (QED) is 0.854. The summed E-state index contributed by atoms with van der Waals surface area (Å²) in [6.45, 7) is 3.77. The molecule has 0 radical (unpaired) electrons. The molecule has 2 aromatic rings. The molecule has 0 saturated heterocycles. The summed E-state index contributed by atoms with van der Waals surface area (Å²) in [5.74, 6) is 0.116. The highest BCUT2D eigenvalue weighted by atomic mass is 32.2. The van der Waals surface area contributed by atoms with Crippen molar-refractivity contribution in [2.24, 2.45) is 7.05 Å². The van der Waals surface area contributed by atoms with Crippen molar-refractivity contribution in [2.75, 3.05) is 5.73 Å². The smallest absolute Gasteiger partial charge is 0.322 e. The Morgan fingerprint density at radius 3 is 2.72 bits per heavy atom. The average Bonchev–Trinajstić information content (AvgIpc) is 2.62. The largest absolute Gasteiger partial charge is 0.461 e. The standard InChI is InChI=1S/C9H13N7OS/c1-5(2)17-7-12-6(10)13-8(14-7)18-9-15-11-4-16(9)3/h4-5H,1-3H3,(H2,10,12,13,14). The first-order valence-corrected chi connectivity index (χ1v) is 6.06. The van der Waals surface area contributed by atoms with Gasteiger partial charge in [0.2, 0.25) is 11.1 Å². The molecule has 8 nitrogen and oxygen atoms in total. The van der Waals surface area contributed by atoms with E-state index < -0.39 is 0 Å². The molecule has 0 aliphatic rings. The SMILES string of the molecule is CC(C)Oc1nc(N)nc(Sc2nncn2C)n1. The van der Waals surface area contributed by atoms with Crippen LogP contribution in [0.1, 0.15) is 13.8 Å². The number of nitrogen functional groups attached to an aromatic ring is 1. The molecule has 0 saturated carbocycles. The summed E-state index contributed by atoms with van der Waals surface area (Å²) < 4.78 is 7.14. The number of hydrogen-bond acceptors (Lipinski definition) is 8. The lowest BCUT2D eigenvalue weighted by molar-refractivity contribution is 0.219. The van der Waals surface area contributed by atoms with Crippen LogP contribution >= 0.6 is 11.8 Å². The van der Waals surface area contributed by atoms with Gasteiger partial charge < -0.3 is 15.0 Å². The van der Waals surface area contributed by atoms with Crippen molar-refractivity contribution in [1.82, 2.24) is 29.7 Å². The molecule has 0 bridgehead atoms. The van der Waals surface area contributed by atoms with E-state index in [1.165, 1.54) is 11.8 Å². The van der Waals surface area contributed by atoms with Gasteiger partial charge in [-0.15, -0.1) is 10.2 Å². The van der Waals surface area contributed by atoms with Gasteiger partial charge in [-0.3, -0.25) is 0 Å². The number of nitrogens with zero attached hydrogens (tertiary/aromatic N) is 6. The van der Waals surface area contributed by atoms with E-state index in [-0.39, 0.29) is 18.1 Å². The molecule has 0 atom stereocenters. The van der Waals surface area contributed by atoms with Crippen LogP contribution in [0.15, 0.2) is 16.6 Å². The number of rotatable bonds is 4. The number of ether oxygens (including phenoxy) is 1. The summed E-state index contributed by atoms with van der Waals surface area (Å²) in [4.78, 5) is 12.1. The molecule has 9 heteroatoms. The van der Waals surface area contributed by atoms with E-state index >= 15 is 0 Å². The molecular weight excluding hydrogens is 254 g/mol. The van der Waals surface area contributed by atoms with Crippen LogP contribution < -0.4 is 10.5 Å². The molecule has 96 valence electrons. The van der Waals surface area contributed by atoms with E-state index in [0.717, 1.165) is 0 Å². The van der Waals surface area contributed by atoms with Crippen molar-refractivity contribution >= 4 is 17.7 Å². The van der Waals surface area contributed by atoms with Crippen LogP contribution in [0.3, 0.4) is 0 Å². The number of aromatic nitrogens is 6. The van der Waals surface area contributed by atoms with Crippen LogP contribution in [0.5, 0.6) is 6.01 Å². The van der Waals surface area contributed by atoms with E-state index in [9.17, 15) is 0 Å². The lowest BCUT2D eigenvalue weighted by Crippen LogP contribution is -2.11. The molecule has 2 aromatic heterocycles. The van der Waals surface area contributed by atoms with Crippen LogP contribution in [0.2, 0.25) is 0 Å². The summed E-state index contributed by atoms with van der Waals surface area (Å²) in [5.41, 5.74) is 5.60. The Kier molecular flexibility index (Phi) is 3.60. The summed E-state index contributed by atoms with van der Waals surface area (Å²) >= 11 is 1.24. The molecule has 0 fully saturated rings. The third kappa shape index (κ3) is 3.06. The fraction of sp³-hybridized carbons (Fsp3) is 0.444. The number of aryl methyl sites for hydroxylation is 1. The molecule has 2 N–H and O–H groups in total. The van der Waals surface area contributed by atoms with Crippen molar-refractivity contribution in [1.29, 1.82) is 0 Å². The van der Waals surface area contributed by atoms with Gasteiger partial charge in [0, 0.05) is 7.05 Å². The van der Waals surface area contributed by atoms with Gasteiger partial charge in [-0.2, -0.15) is 15.0 Å². The lowest BCUT2D eigenvalue weighted by atomic mass is 10.5. The first kappa shape index (κ1) is 12.6. The molecule has 0 amide bonds. The fourth-order valence-electron chi connectivity index (χ4n) is 1.11. The first-order valence-electron chi connectivity index (χ1n) is 5.24. The molecule has 18 heavy (non-hydrogen) atoms. The van der Waals surface area contributed by atoms with Gasteiger partial charge in [-0.1, -0.05) is 0 Å². The molecule has 0 unspecified atom stereocenters. The van der Waals surface area contributed by atoms with Gasteiger partial charge in [0.15, 0.2) is 5.16 Å². The van der Waals surface area contributed by atoms with Crippen molar-refractivity contribution in [3.05, 3.63) is 6.33 Å². The summed E-state index contributed by atoms with van der Waals surface area (Å²) in [7, 11) is 1.83. The highest BCUT2D eigenvalue weighted by Gasteiger charge is 2.11. The number of nitrogens with two attached hydrogens (primary N) is 1. The molecule has 2 heterocycles. The average molecular weight is 267 g/mol. The maximum Gasteiger partial charge on any atom is 0.322 e. The van der Waals surface area contributed by atoms with E-state index in [2.05, 4.69) is 25.1 Å². The Balaban J connectivity index is 2.23. The highest BCUT2D eigenvalue weighted by Crippen LogP contribution is 2.23. The number of hydrogen-bond donors (Lipinski definition) is 1. The van der Waals surface area contributed by atoms with Gasteiger partial charge in [0.25, 0.3) is 0 Å². The maximum absolute atomic E-state index is 5.60. The molecule has 0 aromatic carbocycles. The highest BCUT2D eigenvalue weighted by molar-refractivity contribution is 7.99. The van der Waals surface area contributed by atoms with E-state index in [0.29, 0.717) is 10.3 Å². The minimum atomic E-state index is -0.0283. The van der Waals surface area contributed by atoms with E-state index in [1.807, 2.05) is 20.9 Å². The molecule has 2 rings (SSSR count). The van der Waals surface area contributed by atoms with Gasteiger partial charge in [-0.05, 0) is 25.6 Å². The maximum atomic E-state index is 5.60. The predicted octanol–water partition coefficient (Wildman–Crippen LogP) is 0.521. The normalized spacial score (nSPS) is 10.9. The fourth-order valence-corrected chi connectivity index (χ4v) is 1.81. The summed E-state index contributed by atoms with van der Waals surface area (Å²) in [5, 5.41) is 8.78. The van der Waals surface area contributed by atoms with Crippen molar-refractivity contribution < 1.29 is 4.74 Å². The second kappa shape index (κ2) is 5.17. The molecule has 0 spiro atoms. The predicted molar refractivity (Wildman–Crippen MR) is 65.1 cm³/mol. The van der Waals surface area contributed by atoms with E-state index in [4.69, 9.17) is 10.5 Å². The Labute approximate surface area is 108 Å². The Morgan fingerprint density at radius 1 is 1.33 bits per heavy atom. The van der Waals surface area contributed by atoms with Crippen LogP contribution in [-0.4, -0.2) is 35.8 Å². The molecular formula is C9H13N7OS. The Hall–Kier alpha value is -1.90. The third-order valence-corrected chi connectivity index (χ3v) is 2.72.